The summed E-state index contributed by atoms with van der Waals surface area (Å²) in [7, 11) is 0. The van der Waals surface area contributed by atoms with Gasteiger partial charge in [0.1, 0.15) is 0 Å². The van der Waals surface area contributed by atoms with Gasteiger partial charge in [0.15, 0.2) is 0 Å². The molecule has 1 aliphatic heterocycles. The first-order valence-electron chi connectivity index (χ1n) is 10.5. The van der Waals surface area contributed by atoms with Gasteiger partial charge in [-0.25, -0.2) is 4.68 Å². The van der Waals surface area contributed by atoms with Crippen molar-refractivity contribution >= 4 is 23.8 Å². The third kappa shape index (κ3) is 5.59. The van der Waals surface area contributed by atoms with E-state index in [1.54, 1.807) is 15.9 Å². The topological polar surface area (TPSA) is 87.5 Å². The van der Waals surface area contributed by atoms with E-state index in [0.29, 0.717) is 26.2 Å². The Kier molecular flexibility index (Phi) is 7.23. The van der Waals surface area contributed by atoms with E-state index in [0.717, 1.165) is 22.6 Å². The molecule has 31 heavy (non-hydrogen) atoms. The fraction of sp³-hybridized carbons (Fsp3) is 0.391. The number of para-hydroxylation sites is 1. The molecule has 2 aromatic rings. The van der Waals surface area contributed by atoms with E-state index in [-0.39, 0.29) is 30.7 Å². The van der Waals surface area contributed by atoms with Crippen LogP contribution >= 0.6 is 0 Å². The molecule has 1 saturated heterocycles. The summed E-state index contributed by atoms with van der Waals surface area (Å²) in [5.74, 6) is -0.227. The molecule has 1 aliphatic rings. The van der Waals surface area contributed by atoms with Crippen molar-refractivity contribution in [1.29, 1.82) is 0 Å². The predicted octanol–water partition coefficient (Wildman–Crippen LogP) is 1.70. The Balaban J connectivity index is 1.49. The summed E-state index contributed by atoms with van der Waals surface area (Å²) in [4.78, 5) is 39.3. The molecule has 1 N–H and O–H groups in total. The molecule has 1 aromatic heterocycles. The van der Waals surface area contributed by atoms with Crippen LogP contribution in [-0.2, 0) is 14.4 Å². The Hall–Kier alpha value is -3.42. The second-order valence-electron chi connectivity index (χ2n) is 7.59. The van der Waals surface area contributed by atoms with Gasteiger partial charge in [0.05, 0.1) is 11.4 Å². The number of aromatic nitrogens is 2. The van der Waals surface area contributed by atoms with Gasteiger partial charge >= 0.3 is 0 Å². The number of carbonyl (C=O) groups excluding carboxylic acids is 3. The molecule has 0 bridgehead atoms. The average Bonchev–Trinajstić information content (AvgIpc) is 3.06. The van der Waals surface area contributed by atoms with Gasteiger partial charge in [-0.3, -0.25) is 14.4 Å². The zero-order valence-electron chi connectivity index (χ0n) is 18.3. The number of hydrogen-bond donors (Lipinski definition) is 1. The van der Waals surface area contributed by atoms with Crippen LogP contribution in [0.2, 0.25) is 0 Å². The standard InChI is InChI=1S/C23H29N5O3/c1-17-21(18(2)28(25-17)20-7-5-4-6-8-20)9-10-22(30)24-12-11-23(31)27-15-13-26(14-16-27)19(3)29/h4-10H,11-16H2,1-3H3,(H,24,30)/b10-9+. The van der Waals surface area contributed by atoms with Crippen LogP contribution in [0.1, 0.15) is 30.3 Å². The van der Waals surface area contributed by atoms with E-state index in [1.165, 1.54) is 13.0 Å². The third-order valence-corrected chi connectivity index (χ3v) is 5.47. The van der Waals surface area contributed by atoms with Crippen LogP contribution in [0.25, 0.3) is 11.8 Å². The molecule has 0 aliphatic carbocycles. The van der Waals surface area contributed by atoms with E-state index in [1.807, 2.05) is 48.9 Å². The highest BCUT2D eigenvalue weighted by Gasteiger charge is 2.21. The highest BCUT2D eigenvalue weighted by molar-refractivity contribution is 5.92. The van der Waals surface area contributed by atoms with E-state index in [4.69, 9.17) is 0 Å². The van der Waals surface area contributed by atoms with Crippen molar-refractivity contribution in [2.24, 2.45) is 0 Å². The second kappa shape index (κ2) is 10.1. The predicted molar refractivity (Wildman–Crippen MR) is 119 cm³/mol. The minimum absolute atomic E-state index is 0.0108. The number of amides is 3. The molecule has 2 heterocycles. The summed E-state index contributed by atoms with van der Waals surface area (Å²) < 4.78 is 1.86. The Morgan fingerprint density at radius 2 is 1.68 bits per heavy atom. The summed E-state index contributed by atoms with van der Waals surface area (Å²) in [5.41, 5.74) is 3.66. The van der Waals surface area contributed by atoms with E-state index < -0.39 is 0 Å². The number of carbonyl (C=O) groups is 3. The average molecular weight is 424 g/mol. The molecule has 0 spiro atoms. The third-order valence-electron chi connectivity index (χ3n) is 5.47. The molecule has 8 nitrogen and oxygen atoms in total. The monoisotopic (exact) mass is 423 g/mol. The van der Waals surface area contributed by atoms with Gasteiger partial charge in [0.25, 0.3) is 0 Å². The molecule has 3 rings (SSSR count). The van der Waals surface area contributed by atoms with Crippen molar-refractivity contribution in [1.82, 2.24) is 24.9 Å². The van der Waals surface area contributed by atoms with Gasteiger partial charge in [0, 0.05) is 63.4 Å². The lowest BCUT2D eigenvalue weighted by Gasteiger charge is -2.34. The molecule has 8 heteroatoms. The zero-order valence-corrected chi connectivity index (χ0v) is 18.3. The Morgan fingerprint density at radius 3 is 2.32 bits per heavy atom. The molecular weight excluding hydrogens is 394 g/mol. The molecule has 0 unspecified atom stereocenters. The number of nitrogens with one attached hydrogen (secondary N) is 1. The Bertz CT molecular complexity index is 973. The van der Waals surface area contributed by atoms with Gasteiger partial charge in [-0.05, 0) is 32.1 Å². The van der Waals surface area contributed by atoms with Crippen molar-refractivity contribution in [2.75, 3.05) is 32.7 Å². The lowest BCUT2D eigenvalue weighted by Crippen LogP contribution is -2.50. The highest BCUT2D eigenvalue weighted by atomic mass is 16.2. The van der Waals surface area contributed by atoms with E-state index in [9.17, 15) is 14.4 Å². The van der Waals surface area contributed by atoms with Crippen molar-refractivity contribution in [2.45, 2.75) is 27.2 Å². The number of piperazine rings is 1. The summed E-state index contributed by atoms with van der Waals surface area (Å²) in [6.07, 6.45) is 3.47. The lowest BCUT2D eigenvalue weighted by atomic mass is 10.2. The van der Waals surface area contributed by atoms with Crippen LogP contribution in [-0.4, -0.2) is 70.0 Å². The van der Waals surface area contributed by atoms with Crippen molar-refractivity contribution < 1.29 is 14.4 Å². The molecule has 3 amide bonds. The molecule has 0 radical (unpaired) electrons. The van der Waals surface area contributed by atoms with Gasteiger partial charge in [0.2, 0.25) is 17.7 Å². The molecular formula is C23H29N5O3. The molecule has 164 valence electrons. The molecule has 0 saturated carbocycles. The fourth-order valence-electron chi connectivity index (χ4n) is 3.66. The normalized spacial score (nSPS) is 14.2. The molecule has 1 fully saturated rings. The van der Waals surface area contributed by atoms with Gasteiger partial charge in [-0.15, -0.1) is 0 Å². The maximum atomic E-state index is 12.3. The minimum atomic E-state index is -0.250. The maximum Gasteiger partial charge on any atom is 0.244 e. The van der Waals surface area contributed by atoms with Crippen molar-refractivity contribution in [3.05, 3.63) is 53.4 Å². The van der Waals surface area contributed by atoms with Gasteiger partial charge in [-0.2, -0.15) is 5.10 Å². The van der Waals surface area contributed by atoms with E-state index >= 15 is 0 Å². The van der Waals surface area contributed by atoms with Crippen molar-refractivity contribution in [3.8, 4) is 5.69 Å². The smallest absolute Gasteiger partial charge is 0.244 e. The van der Waals surface area contributed by atoms with Crippen LogP contribution in [0, 0.1) is 13.8 Å². The highest BCUT2D eigenvalue weighted by Crippen LogP contribution is 2.19. The van der Waals surface area contributed by atoms with Crippen molar-refractivity contribution in [3.63, 3.8) is 0 Å². The number of aryl methyl sites for hydroxylation is 1. The van der Waals surface area contributed by atoms with Crippen LogP contribution < -0.4 is 5.32 Å². The Morgan fingerprint density at radius 1 is 1.03 bits per heavy atom. The SMILES string of the molecule is CC(=O)N1CCN(C(=O)CCNC(=O)/C=C/c2c(C)nn(-c3ccccc3)c2C)CC1. The number of hydrogen-bond acceptors (Lipinski definition) is 4. The van der Waals surface area contributed by atoms with Crippen LogP contribution in [0.4, 0.5) is 0 Å². The van der Waals surface area contributed by atoms with Gasteiger partial charge in [-0.1, -0.05) is 18.2 Å². The number of rotatable bonds is 6. The first kappa shape index (κ1) is 22.3. The quantitative estimate of drug-likeness (QED) is 0.717. The first-order valence-corrected chi connectivity index (χ1v) is 10.5. The Labute approximate surface area is 182 Å². The second-order valence-corrected chi connectivity index (χ2v) is 7.59. The number of benzene rings is 1. The lowest BCUT2D eigenvalue weighted by molar-refractivity contribution is -0.138. The van der Waals surface area contributed by atoms with Crippen LogP contribution in [0.15, 0.2) is 36.4 Å². The minimum Gasteiger partial charge on any atom is -0.352 e. The van der Waals surface area contributed by atoms with Crippen LogP contribution in [0.5, 0.6) is 0 Å². The zero-order chi connectivity index (χ0) is 22.4. The fourth-order valence-corrected chi connectivity index (χ4v) is 3.66. The largest absolute Gasteiger partial charge is 0.352 e. The van der Waals surface area contributed by atoms with E-state index in [2.05, 4.69) is 10.4 Å². The van der Waals surface area contributed by atoms with Crippen LogP contribution in [0.3, 0.4) is 0 Å². The first-order chi connectivity index (χ1) is 14.9. The molecule has 0 atom stereocenters. The summed E-state index contributed by atoms with van der Waals surface area (Å²) in [6, 6.07) is 9.84. The summed E-state index contributed by atoms with van der Waals surface area (Å²) in [5, 5.41) is 7.33. The molecule has 1 aromatic carbocycles. The number of nitrogens with zero attached hydrogens (tertiary/aromatic N) is 4. The summed E-state index contributed by atoms with van der Waals surface area (Å²) >= 11 is 0. The summed E-state index contributed by atoms with van der Waals surface area (Å²) in [6.45, 7) is 7.89. The maximum absolute atomic E-state index is 12.3. The van der Waals surface area contributed by atoms with Gasteiger partial charge < -0.3 is 15.1 Å².